The van der Waals surface area contributed by atoms with Crippen molar-refractivity contribution in [2.45, 2.75) is 18.5 Å². The van der Waals surface area contributed by atoms with Crippen molar-refractivity contribution in [1.29, 1.82) is 0 Å². The zero-order chi connectivity index (χ0) is 19.4. The number of anilines is 1. The van der Waals surface area contributed by atoms with Crippen LogP contribution in [0.2, 0.25) is 5.02 Å². The van der Waals surface area contributed by atoms with Gasteiger partial charge in [-0.2, -0.15) is 0 Å². The number of rotatable bonds is 3. The topological polar surface area (TPSA) is 53.1 Å². The van der Waals surface area contributed by atoms with Crippen molar-refractivity contribution in [1.82, 2.24) is 10.0 Å². The lowest BCUT2D eigenvalue weighted by molar-refractivity contribution is -0.126. The van der Waals surface area contributed by atoms with Crippen LogP contribution in [0.15, 0.2) is 48.5 Å². The summed E-state index contributed by atoms with van der Waals surface area (Å²) in [6.07, 6.45) is 0.984. The van der Waals surface area contributed by atoms with E-state index >= 15 is 0 Å². The zero-order valence-corrected chi connectivity index (χ0v) is 16.2. The second-order valence-corrected chi connectivity index (χ2v) is 7.79. The van der Waals surface area contributed by atoms with Gasteiger partial charge in [-0.05, 0) is 48.4 Å². The Morgan fingerprint density at radius 2 is 1.54 bits per heavy atom. The molecule has 2 aromatic carbocycles. The van der Waals surface area contributed by atoms with Crippen LogP contribution in [0.1, 0.15) is 18.0 Å². The molecule has 28 heavy (non-hydrogen) atoms. The summed E-state index contributed by atoms with van der Waals surface area (Å²) >= 11 is 5.97. The number of carbonyl (C=O) groups excluding carboxylic acids is 2. The predicted octanol–water partition coefficient (Wildman–Crippen LogP) is 2.88. The molecule has 0 saturated carbocycles. The van der Waals surface area contributed by atoms with Gasteiger partial charge in [0.1, 0.15) is 11.8 Å². The van der Waals surface area contributed by atoms with Crippen molar-refractivity contribution in [3.8, 4) is 5.75 Å². The average Bonchev–Trinajstić information content (AvgIpc) is 3.35. The molecule has 0 spiro atoms. The molecule has 0 unspecified atom stereocenters. The zero-order valence-electron chi connectivity index (χ0n) is 15.4. The van der Waals surface area contributed by atoms with E-state index in [1.54, 1.807) is 31.4 Å². The number of hydrogen-bond donors (Lipinski definition) is 0. The highest BCUT2D eigenvalue weighted by atomic mass is 35.5. The van der Waals surface area contributed by atoms with Gasteiger partial charge in [0.15, 0.2) is 0 Å². The molecule has 144 valence electrons. The molecule has 3 fully saturated rings. The Balaban J connectivity index is 1.55. The Morgan fingerprint density at radius 3 is 2.18 bits per heavy atom. The third kappa shape index (κ3) is 2.49. The van der Waals surface area contributed by atoms with E-state index in [4.69, 9.17) is 16.3 Å². The van der Waals surface area contributed by atoms with Gasteiger partial charge in [0.25, 0.3) is 5.91 Å². The van der Waals surface area contributed by atoms with Crippen molar-refractivity contribution in [3.05, 3.63) is 59.1 Å². The predicted molar refractivity (Wildman–Crippen MR) is 105 cm³/mol. The first kappa shape index (κ1) is 17.7. The minimum atomic E-state index is -0.447. The first-order valence-electron chi connectivity index (χ1n) is 9.40. The third-order valence-corrected chi connectivity index (χ3v) is 6.20. The van der Waals surface area contributed by atoms with Crippen molar-refractivity contribution in [2.75, 3.05) is 25.1 Å². The van der Waals surface area contributed by atoms with E-state index in [2.05, 4.69) is 10.0 Å². The summed E-state index contributed by atoms with van der Waals surface area (Å²) in [6, 6.07) is 14.1. The minimum Gasteiger partial charge on any atom is -0.497 e. The fourth-order valence-electron chi connectivity index (χ4n) is 4.76. The lowest BCUT2D eigenvalue weighted by Gasteiger charge is -2.29. The standard InChI is InChI=1S/C21H20ClN3O3/c1-28-16-9-3-13(4-10-16)18-17-19(24-12-2-11-23(18)24)21(27)25(20(17)26)15-7-5-14(22)6-8-15/h3-10,17-19H,2,11-12H2,1H3/t17-,18+,19+/m1/s1. The highest BCUT2D eigenvalue weighted by Gasteiger charge is 2.62. The smallest absolute Gasteiger partial charge is 0.253 e. The fourth-order valence-corrected chi connectivity index (χ4v) is 4.89. The van der Waals surface area contributed by atoms with Crippen LogP contribution >= 0.6 is 11.6 Å². The van der Waals surface area contributed by atoms with Gasteiger partial charge >= 0.3 is 0 Å². The molecule has 3 atom stereocenters. The summed E-state index contributed by atoms with van der Waals surface area (Å²) in [5.41, 5.74) is 1.60. The van der Waals surface area contributed by atoms with Crippen LogP contribution < -0.4 is 9.64 Å². The molecule has 3 aliphatic rings. The summed E-state index contributed by atoms with van der Waals surface area (Å²) < 4.78 is 5.26. The maximum absolute atomic E-state index is 13.4. The van der Waals surface area contributed by atoms with Crippen molar-refractivity contribution >= 4 is 29.1 Å². The normalized spacial score (nSPS) is 27.4. The van der Waals surface area contributed by atoms with Crippen LogP contribution in [0.25, 0.3) is 0 Å². The lowest BCUT2D eigenvalue weighted by atomic mass is 9.90. The molecule has 0 aliphatic carbocycles. The molecule has 5 rings (SSSR count). The highest BCUT2D eigenvalue weighted by Crippen LogP contribution is 2.49. The van der Waals surface area contributed by atoms with E-state index in [9.17, 15) is 9.59 Å². The summed E-state index contributed by atoms with van der Waals surface area (Å²) in [5, 5.41) is 4.87. The van der Waals surface area contributed by atoms with Crippen molar-refractivity contribution in [2.24, 2.45) is 5.92 Å². The van der Waals surface area contributed by atoms with E-state index in [1.165, 1.54) is 4.90 Å². The quantitative estimate of drug-likeness (QED) is 0.745. The number of imide groups is 1. The lowest BCUT2D eigenvalue weighted by Crippen LogP contribution is -2.44. The van der Waals surface area contributed by atoms with E-state index in [0.717, 1.165) is 30.8 Å². The minimum absolute atomic E-state index is 0.146. The molecular weight excluding hydrogens is 378 g/mol. The monoisotopic (exact) mass is 397 g/mol. The van der Waals surface area contributed by atoms with E-state index in [1.807, 2.05) is 24.3 Å². The second-order valence-electron chi connectivity index (χ2n) is 7.36. The summed E-state index contributed by atoms with van der Waals surface area (Å²) in [4.78, 5) is 28.0. The number of benzene rings is 2. The Hall–Kier alpha value is -2.41. The Morgan fingerprint density at radius 1 is 0.893 bits per heavy atom. The summed E-state index contributed by atoms with van der Waals surface area (Å²) in [6.45, 7) is 1.65. The van der Waals surface area contributed by atoms with Gasteiger partial charge in [0.05, 0.1) is 24.8 Å². The van der Waals surface area contributed by atoms with E-state index in [0.29, 0.717) is 10.7 Å². The van der Waals surface area contributed by atoms with Crippen LogP contribution in [-0.4, -0.2) is 48.1 Å². The average molecular weight is 398 g/mol. The van der Waals surface area contributed by atoms with Crippen LogP contribution in [0.3, 0.4) is 0 Å². The van der Waals surface area contributed by atoms with Gasteiger partial charge in [-0.1, -0.05) is 23.7 Å². The van der Waals surface area contributed by atoms with Crippen LogP contribution in [0, 0.1) is 5.92 Å². The maximum Gasteiger partial charge on any atom is 0.253 e. The molecule has 0 bridgehead atoms. The van der Waals surface area contributed by atoms with Crippen molar-refractivity contribution < 1.29 is 14.3 Å². The van der Waals surface area contributed by atoms with Gasteiger partial charge in [-0.25, -0.2) is 14.9 Å². The number of fused-ring (bicyclic) bond motifs is 3. The molecule has 0 N–H and O–H groups in total. The highest BCUT2D eigenvalue weighted by molar-refractivity contribution is 6.31. The van der Waals surface area contributed by atoms with Crippen LogP contribution in [0.4, 0.5) is 5.69 Å². The van der Waals surface area contributed by atoms with Gasteiger partial charge in [0, 0.05) is 18.1 Å². The molecule has 3 heterocycles. The maximum atomic E-state index is 13.4. The third-order valence-electron chi connectivity index (χ3n) is 5.95. The second kappa shape index (κ2) is 6.58. The Labute approximate surface area is 168 Å². The van der Waals surface area contributed by atoms with Gasteiger partial charge in [-0.15, -0.1) is 0 Å². The molecule has 0 aromatic heterocycles. The fraction of sp³-hybridized carbons (Fsp3) is 0.333. The molecule has 2 amide bonds. The molecule has 3 saturated heterocycles. The van der Waals surface area contributed by atoms with Crippen LogP contribution in [-0.2, 0) is 9.59 Å². The van der Waals surface area contributed by atoms with E-state index < -0.39 is 12.0 Å². The largest absolute Gasteiger partial charge is 0.497 e. The molecule has 3 aliphatic heterocycles. The number of carbonyl (C=O) groups is 2. The molecule has 2 aromatic rings. The van der Waals surface area contributed by atoms with Gasteiger partial charge in [-0.3, -0.25) is 9.59 Å². The van der Waals surface area contributed by atoms with Crippen molar-refractivity contribution in [3.63, 3.8) is 0 Å². The molecule has 7 heteroatoms. The SMILES string of the molecule is COc1ccc([C@H]2[C@H]3C(=O)N(c4ccc(Cl)cc4)C(=O)[C@H]3N3CCCN23)cc1. The van der Waals surface area contributed by atoms with Gasteiger partial charge < -0.3 is 4.74 Å². The van der Waals surface area contributed by atoms with Gasteiger partial charge in [0.2, 0.25) is 5.91 Å². The Bertz CT molecular complexity index is 931. The number of amides is 2. The number of hydrazine groups is 1. The summed E-state index contributed by atoms with van der Waals surface area (Å²) in [7, 11) is 1.63. The number of ether oxygens (including phenoxy) is 1. The number of halogens is 1. The first-order valence-corrected chi connectivity index (χ1v) is 9.78. The molecular formula is C21H20ClN3O3. The molecule has 0 radical (unpaired) electrons. The van der Waals surface area contributed by atoms with E-state index in [-0.39, 0.29) is 17.9 Å². The number of hydrogen-bond acceptors (Lipinski definition) is 5. The molecule has 6 nitrogen and oxygen atoms in total. The summed E-state index contributed by atoms with van der Waals surface area (Å²) in [5.74, 6) is 0.0536. The first-order chi connectivity index (χ1) is 13.6. The number of nitrogens with zero attached hydrogens (tertiary/aromatic N) is 3. The Kier molecular flexibility index (Phi) is 4.16. The van der Waals surface area contributed by atoms with Crippen LogP contribution in [0.5, 0.6) is 5.75 Å². The number of methoxy groups -OCH3 is 1.